The molecule has 0 aromatic carbocycles. The van der Waals surface area contributed by atoms with Crippen LogP contribution in [0.1, 0.15) is 47.5 Å². The van der Waals surface area contributed by atoms with Crippen LogP contribution in [0.15, 0.2) is 0 Å². The maximum Gasteiger partial charge on any atom is 0.318 e. The highest BCUT2D eigenvalue weighted by Crippen LogP contribution is 2.06. The summed E-state index contributed by atoms with van der Waals surface area (Å²) in [5.74, 6) is -0.829. The number of hydrogen-bond donors (Lipinski definition) is 2. The van der Waals surface area contributed by atoms with E-state index in [1.54, 1.807) is 4.90 Å². The minimum Gasteiger partial charge on any atom is -0.481 e. The quantitative estimate of drug-likeness (QED) is 0.777. The number of nitrogens with zero attached hydrogens (tertiary/aromatic N) is 1. The second-order valence-electron chi connectivity index (χ2n) is 5.46. The van der Waals surface area contributed by atoms with Crippen molar-refractivity contribution in [2.45, 2.75) is 59.0 Å². The lowest BCUT2D eigenvalue weighted by Crippen LogP contribution is -2.51. The van der Waals surface area contributed by atoms with E-state index in [9.17, 15) is 9.59 Å². The van der Waals surface area contributed by atoms with Crippen molar-refractivity contribution in [1.29, 1.82) is 0 Å². The van der Waals surface area contributed by atoms with Crippen molar-refractivity contribution in [1.82, 2.24) is 10.2 Å². The molecule has 5 nitrogen and oxygen atoms in total. The topological polar surface area (TPSA) is 69.6 Å². The second kappa shape index (κ2) is 6.47. The van der Waals surface area contributed by atoms with Gasteiger partial charge in [-0.05, 0) is 41.0 Å². The molecule has 100 valence electrons. The Bertz CT molecular complexity index is 269. The molecule has 0 aliphatic rings. The summed E-state index contributed by atoms with van der Waals surface area (Å²) in [6.45, 7) is 10.1. The first-order valence-electron chi connectivity index (χ1n) is 5.94. The molecule has 0 spiro atoms. The molecule has 5 heteroatoms. The minimum absolute atomic E-state index is 0.0612. The molecule has 0 aliphatic carbocycles. The number of carbonyl (C=O) groups excluding carboxylic acids is 1. The molecule has 2 N–H and O–H groups in total. The van der Waals surface area contributed by atoms with Crippen LogP contribution in [-0.4, -0.2) is 40.1 Å². The molecule has 0 radical (unpaired) electrons. The van der Waals surface area contributed by atoms with Crippen LogP contribution in [0.4, 0.5) is 4.79 Å². The lowest BCUT2D eigenvalue weighted by molar-refractivity contribution is -0.137. The van der Waals surface area contributed by atoms with E-state index >= 15 is 0 Å². The molecule has 0 aromatic heterocycles. The van der Waals surface area contributed by atoms with Crippen molar-refractivity contribution in [2.75, 3.05) is 6.54 Å². The molecular weight excluding hydrogens is 220 g/mol. The van der Waals surface area contributed by atoms with Crippen molar-refractivity contribution in [3.05, 3.63) is 0 Å². The van der Waals surface area contributed by atoms with E-state index < -0.39 is 5.97 Å². The first-order chi connectivity index (χ1) is 7.63. The van der Waals surface area contributed by atoms with E-state index in [0.29, 0.717) is 13.0 Å². The smallest absolute Gasteiger partial charge is 0.318 e. The predicted octanol–water partition coefficient (Wildman–Crippen LogP) is 2.07. The van der Waals surface area contributed by atoms with Crippen molar-refractivity contribution in [2.24, 2.45) is 0 Å². The molecule has 0 aliphatic heterocycles. The first-order valence-corrected chi connectivity index (χ1v) is 5.94. The lowest BCUT2D eigenvalue weighted by Gasteiger charge is -2.31. The van der Waals surface area contributed by atoms with Gasteiger partial charge >= 0.3 is 12.0 Å². The molecule has 0 saturated heterocycles. The van der Waals surface area contributed by atoms with Gasteiger partial charge in [0.15, 0.2) is 0 Å². The summed E-state index contributed by atoms with van der Waals surface area (Å²) in [6.07, 6.45) is 0.567. The molecule has 0 atom stereocenters. The van der Waals surface area contributed by atoms with Crippen LogP contribution in [0.25, 0.3) is 0 Å². The van der Waals surface area contributed by atoms with Gasteiger partial charge in [0.2, 0.25) is 0 Å². The highest BCUT2D eigenvalue weighted by molar-refractivity contribution is 5.75. The molecule has 2 amide bonds. The monoisotopic (exact) mass is 244 g/mol. The van der Waals surface area contributed by atoms with Crippen LogP contribution in [-0.2, 0) is 4.79 Å². The number of amides is 2. The van der Waals surface area contributed by atoms with Crippen LogP contribution < -0.4 is 5.32 Å². The van der Waals surface area contributed by atoms with E-state index in [2.05, 4.69) is 5.32 Å². The molecule has 0 aromatic rings. The first kappa shape index (κ1) is 15.7. The average molecular weight is 244 g/mol. The van der Waals surface area contributed by atoms with Crippen LogP contribution >= 0.6 is 0 Å². The molecule has 0 saturated carbocycles. The summed E-state index contributed by atoms with van der Waals surface area (Å²) < 4.78 is 0. The summed E-state index contributed by atoms with van der Waals surface area (Å²) in [5.41, 5.74) is -0.281. The number of urea groups is 1. The number of hydrogen-bond acceptors (Lipinski definition) is 2. The maximum absolute atomic E-state index is 11.9. The standard InChI is InChI=1S/C12H24N2O3/c1-9(2)14(8-6-7-10(15)16)11(17)13-12(3,4)5/h9H,6-8H2,1-5H3,(H,13,17)(H,15,16). The summed E-state index contributed by atoms with van der Waals surface area (Å²) >= 11 is 0. The van der Waals surface area contributed by atoms with Gasteiger partial charge < -0.3 is 15.3 Å². The van der Waals surface area contributed by atoms with Gasteiger partial charge in [0, 0.05) is 24.5 Å². The molecule has 0 rings (SSSR count). The van der Waals surface area contributed by atoms with E-state index in [1.165, 1.54) is 0 Å². The third-order valence-corrected chi connectivity index (χ3v) is 2.16. The summed E-state index contributed by atoms with van der Waals surface area (Å²) in [6, 6.07) is -0.0796. The molecular formula is C12H24N2O3. The fourth-order valence-corrected chi connectivity index (χ4v) is 1.39. The molecule has 0 unspecified atom stereocenters. The van der Waals surface area contributed by atoms with E-state index in [4.69, 9.17) is 5.11 Å². The Morgan fingerprint density at radius 2 is 1.82 bits per heavy atom. The summed E-state index contributed by atoms with van der Waals surface area (Å²) in [5, 5.41) is 11.4. The number of nitrogens with one attached hydrogen (secondary N) is 1. The van der Waals surface area contributed by atoms with Crippen LogP contribution in [0.2, 0.25) is 0 Å². The van der Waals surface area contributed by atoms with E-state index in [-0.39, 0.29) is 24.0 Å². The third-order valence-electron chi connectivity index (χ3n) is 2.16. The minimum atomic E-state index is -0.829. The zero-order valence-electron chi connectivity index (χ0n) is 11.4. The zero-order chi connectivity index (χ0) is 13.6. The van der Waals surface area contributed by atoms with Crippen molar-refractivity contribution in [3.8, 4) is 0 Å². The van der Waals surface area contributed by atoms with Crippen LogP contribution in [0.3, 0.4) is 0 Å². The van der Waals surface area contributed by atoms with Gasteiger partial charge in [-0.25, -0.2) is 4.79 Å². The van der Waals surface area contributed by atoms with Crippen molar-refractivity contribution >= 4 is 12.0 Å². The highest BCUT2D eigenvalue weighted by atomic mass is 16.4. The van der Waals surface area contributed by atoms with Gasteiger partial charge in [0.25, 0.3) is 0 Å². The average Bonchev–Trinajstić information content (AvgIpc) is 2.07. The molecule has 0 fully saturated rings. The molecule has 17 heavy (non-hydrogen) atoms. The number of rotatable bonds is 5. The normalized spacial score (nSPS) is 11.4. The van der Waals surface area contributed by atoms with Gasteiger partial charge in [-0.15, -0.1) is 0 Å². The Hall–Kier alpha value is -1.26. The Morgan fingerprint density at radius 1 is 1.29 bits per heavy atom. The van der Waals surface area contributed by atoms with Gasteiger partial charge in [-0.2, -0.15) is 0 Å². The SMILES string of the molecule is CC(C)N(CCCC(=O)O)C(=O)NC(C)(C)C. The van der Waals surface area contributed by atoms with Gasteiger partial charge in [-0.1, -0.05) is 0 Å². The van der Waals surface area contributed by atoms with E-state index in [1.807, 2.05) is 34.6 Å². The van der Waals surface area contributed by atoms with Crippen molar-refractivity contribution in [3.63, 3.8) is 0 Å². The number of carboxylic acids is 1. The third kappa shape index (κ3) is 7.60. The van der Waals surface area contributed by atoms with Crippen LogP contribution in [0, 0.1) is 0 Å². The Labute approximate surface area is 103 Å². The predicted molar refractivity (Wildman–Crippen MR) is 67.0 cm³/mol. The molecule has 0 bridgehead atoms. The maximum atomic E-state index is 11.9. The fourth-order valence-electron chi connectivity index (χ4n) is 1.39. The number of aliphatic carboxylic acids is 1. The largest absolute Gasteiger partial charge is 0.481 e. The zero-order valence-corrected chi connectivity index (χ0v) is 11.4. The molecule has 0 heterocycles. The Balaban J connectivity index is 4.32. The van der Waals surface area contributed by atoms with Gasteiger partial charge in [-0.3, -0.25) is 4.79 Å². The summed E-state index contributed by atoms with van der Waals surface area (Å²) in [4.78, 5) is 24.0. The second-order valence-corrected chi connectivity index (χ2v) is 5.46. The van der Waals surface area contributed by atoms with E-state index in [0.717, 1.165) is 0 Å². The lowest BCUT2D eigenvalue weighted by atomic mass is 10.1. The van der Waals surface area contributed by atoms with Crippen LogP contribution in [0.5, 0.6) is 0 Å². The number of carboxylic acid groups (broad SMARTS) is 1. The van der Waals surface area contributed by atoms with Gasteiger partial charge in [0.1, 0.15) is 0 Å². The van der Waals surface area contributed by atoms with Crippen molar-refractivity contribution < 1.29 is 14.7 Å². The highest BCUT2D eigenvalue weighted by Gasteiger charge is 2.21. The fraction of sp³-hybridized carbons (Fsp3) is 0.833. The van der Waals surface area contributed by atoms with Gasteiger partial charge in [0.05, 0.1) is 0 Å². The Kier molecular flexibility index (Phi) is 5.99. The Morgan fingerprint density at radius 3 is 2.18 bits per heavy atom. The number of carbonyl (C=O) groups is 2. The summed E-state index contributed by atoms with van der Waals surface area (Å²) in [7, 11) is 0.